The topological polar surface area (TPSA) is 70.0 Å². The molecular weight excluding hydrogens is 280 g/mol. The van der Waals surface area contributed by atoms with Gasteiger partial charge in [0, 0.05) is 6.04 Å². The van der Waals surface area contributed by atoms with Crippen molar-refractivity contribution in [1.29, 1.82) is 5.26 Å². The van der Waals surface area contributed by atoms with Crippen molar-refractivity contribution in [1.82, 2.24) is 4.72 Å². The van der Waals surface area contributed by atoms with Gasteiger partial charge >= 0.3 is 0 Å². The van der Waals surface area contributed by atoms with E-state index in [9.17, 15) is 8.42 Å². The summed E-state index contributed by atoms with van der Waals surface area (Å²) in [6.07, 6.45) is 5.22. The van der Waals surface area contributed by atoms with Crippen molar-refractivity contribution in [3.8, 4) is 6.07 Å². The van der Waals surface area contributed by atoms with Crippen molar-refractivity contribution in [2.45, 2.75) is 49.3 Å². The molecule has 1 aromatic heterocycles. The Bertz CT molecular complexity index is 572. The number of nitrogens with one attached hydrogen (secondary N) is 1. The average Bonchev–Trinajstić information content (AvgIpc) is 2.88. The minimum atomic E-state index is -3.46. The number of hydrogen-bond acceptors (Lipinski definition) is 4. The lowest BCUT2D eigenvalue weighted by atomic mass is 9.85. The zero-order chi connectivity index (χ0) is 13.9. The third-order valence-corrected chi connectivity index (χ3v) is 6.64. The Labute approximate surface area is 118 Å². The molecule has 4 nitrogen and oxygen atoms in total. The second-order valence-corrected chi connectivity index (χ2v) is 8.01. The van der Waals surface area contributed by atoms with E-state index in [1.165, 1.54) is 12.5 Å². The quantitative estimate of drug-likeness (QED) is 0.929. The zero-order valence-corrected chi connectivity index (χ0v) is 12.6. The van der Waals surface area contributed by atoms with Crippen LogP contribution in [0.15, 0.2) is 16.3 Å². The number of sulfonamides is 1. The highest BCUT2D eigenvalue weighted by Gasteiger charge is 2.26. The molecule has 1 aliphatic rings. The highest BCUT2D eigenvalue weighted by atomic mass is 32.2. The van der Waals surface area contributed by atoms with Crippen LogP contribution in [0.3, 0.4) is 0 Å². The Morgan fingerprint density at radius 3 is 2.89 bits per heavy atom. The molecule has 0 spiro atoms. The van der Waals surface area contributed by atoms with Gasteiger partial charge in [-0.05, 0) is 30.9 Å². The lowest BCUT2D eigenvalue weighted by molar-refractivity contribution is 0.301. The summed E-state index contributed by atoms with van der Waals surface area (Å²) in [4.78, 5) is 0.426. The monoisotopic (exact) mass is 298 g/mol. The second-order valence-electron chi connectivity index (χ2n) is 4.99. The van der Waals surface area contributed by atoms with E-state index < -0.39 is 10.0 Å². The molecule has 2 rings (SSSR count). The Hall–Kier alpha value is -0.900. The molecule has 0 radical (unpaired) electrons. The molecule has 104 valence electrons. The maximum atomic E-state index is 12.2. The first-order valence-corrected chi connectivity index (χ1v) is 8.87. The van der Waals surface area contributed by atoms with E-state index in [-0.39, 0.29) is 10.3 Å². The number of hydrogen-bond donors (Lipinski definition) is 1. The Kier molecular flexibility index (Phi) is 4.61. The van der Waals surface area contributed by atoms with Crippen molar-refractivity contribution in [3.63, 3.8) is 0 Å². The van der Waals surface area contributed by atoms with Crippen LogP contribution in [0.1, 0.15) is 43.9 Å². The van der Waals surface area contributed by atoms with Gasteiger partial charge in [0.25, 0.3) is 0 Å². The Morgan fingerprint density at radius 2 is 2.26 bits per heavy atom. The molecule has 1 saturated carbocycles. The third-order valence-electron chi connectivity index (χ3n) is 3.64. The lowest BCUT2D eigenvalue weighted by Gasteiger charge is -2.28. The summed E-state index contributed by atoms with van der Waals surface area (Å²) in [5.74, 6) is 0.624. The fourth-order valence-electron chi connectivity index (χ4n) is 2.57. The maximum Gasteiger partial charge on any atom is 0.250 e. The molecule has 2 atom stereocenters. The van der Waals surface area contributed by atoms with Crippen molar-refractivity contribution >= 4 is 21.4 Å². The van der Waals surface area contributed by atoms with Gasteiger partial charge in [0.15, 0.2) is 0 Å². The second kappa shape index (κ2) is 6.04. The number of nitriles is 1. The summed E-state index contributed by atoms with van der Waals surface area (Å²) in [7, 11) is -3.46. The highest BCUT2D eigenvalue weighted by Crippen LogP contribution is 2.28. The molecule has 0 aromatic carbocycles. The van der Waals surface area contributed by atoms with Gasteiger partial charge in [-0.25, -0.2) is 13.1 Å². The highest BCUT2D eigenvalue weighted by molar-refractivity contribution is 7.91. The van der Waals surface area contributed by atoms with Gasteiger partial charge in [-0.3, -0.25) is 0 Å². The van der Waals surface area contributed by atoms with Gasteiger partial charge < -0.3 is 0 Å². The van der Waals surface area contributed by atoms with Gasteiger partial charge in [0.05, 0.1) is 0 Å². The van der Waals surface area contributed by atoms with Crippen molar-refractivity contribution in [2.24, 2.45) is 5.92 Å². The fraction of sp³-hybridized carbons (Fsp3) is 0.615. The van der Waals surface area contributed by atoms with Crippen molar-refractivity contribution in [3.05, 3.63) is 17.0 Å². The summed E-state index contributed by atoms with van der Waals surface area (Å²) in [6.45, 7) is 2.15. The number of nitrogens with zero attached hydrogens (tertiary/aromatic N) is 1. The zero-order valence-electron chi connectivity index (χ0n) is 10.9. The van der Waals surface area contributed by atoms with Crippen molar-refractivity contribution in [2.75, 3.05) is 0 Å². The summed E-state index contributed by atoms with van der Waals surface area (Å²) < 4.78 is 27.5. The molecule has 1 heterocycles. The molecule has 0 aliphatic heterocycles. The SMILES string of the molecule is CCC1CCCC(NS(=O)(=O)c2ccc(C#N)s2)C1. The van der Waals surface area contributed by atoms with Crippen molar-refractivity contribution < 1.29 is 8.42 Å². The van der Waals surface area contributed by atoms with Crippen LogP contribution >= 0.6 is 11.3 Å². The summed E-state index contributed by atoms with van der Waals surface area (Å²) >= 11 is 1.02. The Morgan fingerprint density at radius 1 is 1.47 bits per heavy atom. The van der Waals surface area contributed by atoms with E-state index in [2.05, 4.69) is 11.6 Å². The minimum Gasteiger partial charge on any atom is -0.207 e. The van der Waals surface area contributed by atoms with E-state index in [4.69, 9.17) is 5.26 Å². The van der Waals surface area contributed by atoms with Crippen LogP contribution in [0.25, 0.3) is 0 Å². The van der Waals surface area contributed by atoms with Crippen LogP contribution in [0.4, 0.5) is 0 Å². The van der Waals surface area contributed by atoms with Gasteiger partial charge in [-0.15, -0.1) is 11.3 Å². The van der Waals surface area contributed by atoms with Crippen LogP contribution in [0.5, 0.6) is 0 Å². The van der Waals surface area contributed by atoms with Crippen LogP contribution in [0, 0.1) is 17.2 Å². The average molecular weight is 298 g/mol. The number of thiophene rings is 1. The molecule has 2 unspecified atom stereocenters. The molecule has 0 bridgehead atoms. The molecule has 0 amide bonds. The van der Waals surface area contributed by atoms with E-state index in [0.29, 0.717) is 10.8 Å². The molecule has 1 fully saturated rings. The fourth-order valence-corrected chi connectivity index (χ4v) is 4.97. The largest absolute Gasteiger partial charge is 0.250 e. The standard InChI is InChI=1S/C13H18N2O2S2/c1-2-10-4-3-5-11(8-10)15-19(16,17)13-7-6-12(9-14)18-13/h6-7,10-11,15H,2-5,8H2,1H3. The first-order chi connectivity index (χ1) is 9.05. The van der Waals surface area contributed by atoms with Crippen LogP contribution in [-0.2, 0) is 10.0 Å². The lowest BCUT2D eigenvalue weighted by Crippen LogP contribution is -2.37. The molecule has 1 aromatic rings. The Balaban J connectivity index is 2.07. The van der Waals surface area contributed by atoms with Gasteiger partial charge in [0.1, 0.15) is 15.2 Å². The minimum absolute atomic E-state index is 0.0383. The van der Waals surface area contributed by atoms with Gasteiger partial charge in [0.2, 0.25) is 10.0 Å². The predicted molar refractivity (Wildman–Crippen MR) is 75.4 cm³/mol. The first kappa shape index (κ1) is 14.5. The predicted octanol–water partition coefficient (Wildman–Crippen LogP) is 2.87. The molecule has 19 heavy (non-hydrogen) atoms. The first-order valence-electron chi connectivity index (χ1n) is 6.57. The normalized spacial score (nSPS) is 24.0. The molecule has 6 heteroatoms. The molecular formula is C13H18N2O2S2. The maximum absolute atomic E-state index is 12.2. The number of rotatable bonds is 4. The van der Waals surface area contributed by atoms with Gasteiger partial charge in [-0.2, -0.15) is 5.26 Å². The molecule has 1 aliphatic carbocycles. The van der Waals surface area contributed by atoms with E-state index in [0.717, 1.165) is 37.0 Å². The third kappa shape index (κ3) is 3.56. The summed E-state index contributed by atoms with van der Waals surface area (Å²) in [5.41, 5.74) is 0. The van der Waals surface area contributed by atoms with E-state index in [1.807, 2.05) is 6.07 Å². The van der Waals surface area contributed by atoms with Crippen LogP contribution < -0.4 is 4.72 Å². The van der Waals surface area contributed by atoms with Crippen LogP contribution in [-0.4, -0.2) is 14.5 Å². The molecule has 1 N–H and O–H groups in total. The smallest absolute Gasteiger partial charge is 0.207 e. The van der Waals surface area contributed by atoms with Gasteiger partial charge in [-0.1, -0.05) is 26.2 Å². The van der Waals surface area contributed by atoms with Crippen LogP contribution in [0.2, 0.25) is 0 Å². The summed E-state index contributed by atoms with van der Waals surface area (Å²) in [5, 5.41) is 8.75. The van der Waals surface area contributed by atoms with E-state index in [1.54, 1.807) is 6.07 Å². The summed E-state index contributed by atoms with van der Waals surface area (Å²) in [6, 6.07) is 5.06. The van der Waals surface area contributed by atoms with E-state index >= 15 is 0 Å². The molecule has 0 saturated heterocycles.